The summed E-state index contributed by atoms with van der Waals surface area (Å²) in [5.41, 5.74) is 2.17. The Morgan fingerprint density at radius 3 is 2.96 bits per heavy atom. The second-order valence-electron chi connectivity index (χ2n) is 6.05. The molecule has 24 heavy (non-hydrogen) atoms. The third-order valence-corrected chi connectivity index (χ3v) is 5.30. The average molecular weight is 345 g/mol. The molecule has 5 nitrogen and oxygen atoms in total. The summed E-state index contributed by atoms with van der Waals surface area (Å²) >= 11 is 1.45. The number of carbonyl (C=O) groups excluding carboxylic acids is 1. The highest BCUT2D eigenvalue weighted by Gasteiger charge is 2.23. The number of nitrogens with one attached hydrogen (secondary N) is 1. The maximum absolute atomic E-state index is 12.1. The maximum Gasteiger partial charge on any atom is 0.230 e. The number of aromatic nitrogens is 2. The van der Waals surface area contributed by atoms with Crippen LogP contribution in [0.1, 0.15) is 19.8 Å². The molecular weight excluding hydrogens is 322 g/mol. The summed E-state index contributed by atoms with van der Waals surface area (Å²) in [6, 6.07) is 10.2. The molecule has 0 bridgehead atoms. The molecule has 128 valence electrons. The van der Waals surface area contributed by atoms with Gasteiger partial charge in [-0.25, -0.2) is 4.98 Å². The van der Waals surface area contributed by atoms with Crippen molar-refractivity contribution in [2.24, 2.45) is 7.05 Å². The lowest BCUT2D eigenvalue weighted by Gasteiger charge is -2.19. The number of carbonyl (C=O) groups is 1. The average Bonchev–Trinajstić information content (AvgIpc) is 3.24. The van der Waals surface area contributed by atoms with Gasteiger partial charge in [0, 0.05) is 13.7 Å². The van der Waals surface area contributed by atoms with E-state index in [-0.39, 0.29) is 18.1 Å². The van der Waals surface area contributed by atoms with Crippen LogP contribution in [-0.2, 0) is 16.6 Å². The zero-order valence-electron chi connectivity index (χ0n) is 14.1. The van der Waals surface area contributed by atoms with Gasteiger partial charge in [-0.1, -0.05) is 42.1 Å². The van der Waals surface area contributed by atoms with Crippen molar-refractivity contribution in [3.8, 4) is 11.3 Å². The van der Waals surface area contributed by atoms with Crippen LogP contribution in [0.2, 0.25) is 0 Å². The van der Waals surface area contributed by atoms with Crippen molar-refractivity contribution in [1.29, 1.82) is 0 Å². The number of nitrogens with zero attached hydrogens (tertiary/aromatic N) is 2. The maximum atomic E-state index is 12.1. The van der Waals surface area contributed by atoms with E-state index in [9.17, 15) is 4.79 Å². The van der Waals surface area contributed by atoms with Crippen molar-refractivity contribution >= 4 is 17.7 Å². The Labute approximate surface area is 146 Å². The monoisotopic (exact) mass is 345 g/mol. The molecule has 1 amide bonds. The number of benzene rings is 1. The highest BCUT2D eigenvalue weighted by Crippen LogP contribution is 2.24. The van der Waals surface area contributed by atoms with Crippen molar-refractivity contribution in [2.45, 2.75) is 37.1 Å². The van der Waals surface area contributed by atoms with Crippen LogP contribution in [0.15, 0.2) is 41.7 Å². The number of thioether (sulfide) groups is 1. The van der Waals surface area contributed by atoms with Crippen LogP contribution >= 0.6 is 11.8 Å². The number of rotatable bonds is 6. The smallest absolute Gasteiger partial charge is 0.230 e. The zero-order valence-corrected chi connectivity index (χ0v) is 14.9. The molecule has 2 aromatic rings. The van der Waals surface area contributed by atoms with Gasteiger partial charge in [-0.2, -0.15) is 0 Å². The van der Waals surface area contributed by atoms with Gasteiger partial charge in [0.05, 0.1) is 29.8 Å². The SMILES string of the molecule is C[C@@H](NC(=O)CSc1ncc(-c2ccccc2)n1C)[C@@H]1CCCO1. The lowest BCUT2D eigenvalue weighted by Crippen LogP contribution is -2.41. The normalized spacial score (nSPS) is 18.5. The molecule has 1 aromatic heterocycles. The molecule has 2 heterocycles. The third-order valence-electron chi connectivity index (χ3n) is 4.26. The fraction of sp³-hybridized carbons (Fsp3) is 0.444. The minimum absolute atomic E-state index is 0.0206. The van der Waals surface area contributed by atoms with Crippen molar-refractivity contribution < 1.29 is 9.53 Å². The summed E-state index contributed by atoms with van der Waals surface area (Å²) in [6.45, 7) is 2.81. The van der Waals surface area contributed by atoms with E-state index in [0.717, 1.165) is 35.9 Å². The molecule has 3 rings (SSSR count). The number of amides is 1. The Kier molecular flexibility index (Phi) is 5.58. The molecule has 1 fully saturated rings. The summed E-state index contributed by atoms with van der Waals surface area (Å²) in [5, 5.41) is 3.87. The van der Waals surface area contributed by atoms with E-state index in [4.69, 9.17) is 4.74 Å². The molecular formula is C18H23N3O2S. The number of hydrogen-bond donors (Lipinski definition) is 1. The first-order chi connectivity index (χ1) is 11.6. The molecule has 0 saturated carbocycles. The molecule has 0 radical (unpaired) electrons. The lowest BCUT2D eigenvalue weighted by atomic mass is 10.1. The molecule has 0 unspecified atom stereocenters. The topological polar surface area (TPSA) is 56.2 Å². The minimum atomic E-state index is 0.0206. The molecule has 1 aliphatic heterocycles. The van der Waals surface area contributed by atoms with Crippen LogP contribution in [0.3, 0.4) is 0 Å². The van der Waals surface area contributed by atoms with Crippen molar-refractivity contribution in [3.05, 3.63) is 36.5 Å². The van der Waals surface area contributed by atoms with Gasteiger partial charge in [-0.15, -0.1) is 0 Å². The van der Waals surface area contributed by atoms with E-state index in [1.165, 1.54) is 11.8 Å². The highest BCUT2D eigenvalue weighted by atomic mass is 32.2. The number of hydrogen-bond acceptors (Lipinski definition) is 4. The fourth-order valence-corrected chi connectivity index (χ4v) is 3.68. The van der Waals surface area contributed by atoms with Gasteiger partial charge >= 0.3 is 0 Å². The van der Waals surface area contributed by atoms with E-state index in [0.29, 0.717) is 5.75 Å². The Balaban J connectivity index is 1.55. The number of imidazole rings is 1. The molecule has 1 saturated heterocycles. The lowest BCUT2D eigenvalue weighted by molar-refractivity contribution is -0.120. The first-order valence-corrected chi connectivity index (χ1v) is 9.24. The van der Waals surface area contributed by atoms with Crippen LogP contribution in [0.4, 0.5) is 0 Å². The van der Waals surface area contributed by atoms with Gasteiger partial charge in [0.15, 0.2) is 5.16 Å². The Bertz CT molecular complexity index is 681. The minimum Gasteiger partial charge on any atom is -0.376 e. The summed E-state index contributed by atoms with van der Waals surface area (Å²) in [5.74, 6) is 0.378. The Morgan fingerprint density at radius 1 is 1.46 bits per heavy atom. The molecule has 2 atom stereocenters. The van der Waals surface area contributed by atoms with Gasteiger partial charge in [-0.05, 0) is 25.3 Å². The van der Waals surface area contributed by atoms with Crippen LogP contribution in [-0.4, -0.2) is 40.0 Å². The summed E-state index contributed by atoms with van der Waals surface area (Å²) < 4.78 is 7.64. The molecule has 0 aliphatic carbocycles. The highest BCUT2D eigenvalue weighted by molar-refractivity contribution is 7.99. The summed E-state index contributed by atoms with van der Waals surface area (Å²) in [4.78, 5) is 16.6. The first-order valence-electron chi connectivity index (χ1n) is 8.26. The van der Waals surface area contributed by atoms with Gasteiger partial charge < -0.3 is 14.6 Å². The van der Waals surface area contributed by atoms with Crippen molar-refractivity contribution in [3.63, 3.8) is 0 Å². The second-order valence-corrected chi connectivity index (χ2v) is 6.99. The van der Waals surface area contributed by atoms with E-state index < -0.39 is 0 Å². The van der Waals surface area contributed by atoms with Crippen molar-refractivity contribution in [1.82, 2.24) is 14.9 Å². The van der Waals surface area contributed by atoms with Crippen LogP contribution in [0.25, 0.3) is 11.3 Å². The van der Waals surface area contributed by atoms with Gasteiger partial charge in [-0.3, -0.25) is 4.79 Å². The summed E-state index contributed by atoms with van der Waals surface area (Å²) in [7, 11) is 1.98. The standard InChI is InChI=1S/C18H23N3O2S/c1-13(16-9-6-10-23-16)20-17(22)12-24-18-19-11-15(21(18)2)14-7-4-3-5-8-14/h3-5,7-8,11,13,16H,6,9-10,12H2,1-2H3,(H,20,22)/t13-,16+/m1/s1. The van der Waals surface area contributed by atoms with Crippen molar-refractivity contribution in [2.75, 3.05) is 12.4 Å². The largest absolute Gasteiger partial charge is 0.376 e. The van der Waals surface area contributed by atoms with Gasteiger partial charge in [0.2, 0.25) is 5.91 Å². The van der Waals surface area contributed by atoms with E-state index in [2.05, 4.69) is 22.4 Å². The summed E-state index contributed by atoms with van der Waals surface area (Å²) in [6.07, 6.45) is 4.10. The molecule has 6 heteroatoms. The number of ether oxygens (including phenoxy) is 1. The first kappa shape index (κ1) is 17.0. The molecule has 1 aliphatic rings. The predicted molar refractivity (Wildman–Crippen MR) is 95.9 cm³/mol. The zero-order chi connectivity index (χ0) is 16.9. The quantitative estimate of drug-likeness (QED) is 0.818. The third kappa shape index (κ3) is 3.99. The van der Waals surface area contributed by atoms with Crippen LogP contribution < -0.4 is 5.32 Å². The van der Waals surface area contributed by atoms with Gasteiger partial charge in [0.25, 0.3) is 0 Å². The Hall–Kier alpha value is -1.79. The van der Waals surface area contributed by atoms with E-state index >= 15 is 0 Å². The molecule has 1 N–H and O–H groups in total. The second kappa shape index (κ2) is 7.85. The van der Waals surface area contributed by atoms with Crippen LogP contribution in [0, 0.1) is 0 Å². The fourth-order valence-electron chi connectivity index (χ4n) is 2.92. The molecule has 1 aromatic carbocycles. The molecule has 0 spiro atoms. The van der Waals surface area contributed by atoms with E-state index in [1.807, 2.05) is 42.9 Å². The Morgan fingerprint density at radius 2 is 2.25 bits per heavy atom. The predicted octanol–water partition coefficient (Wildman–Crippen LogP) is 2.86. The van der Waals surface area contributed by atoms with Gasteiger partial charge in [0.1, 0.15) is 0 Å². The van der Waals surface area contributed by atoms with Crippen LogP contribution in [0.5, 0.6) is 0 Å². The van der Waals surface area contributed by atoms with E-state index in [1.54, 1.807) is 0 Å².